The third-order valence-corrected chi connectivity index (χ3v) is 5.83. The Morgan fingerprint density at radius 3 is 2.61 bits per heavy atom. The van der Waals surface area contributed by atoms with E-state index >= 15 is 0 Å². The summed E-state index contributed by atoms with van der Waals surface area (Å²) in [5.74, 6) is 3.74. The molecule has 156 valence electrons. The molecule has 0 aliphatic rings. The number of hydrogen-bond acceptors (Lipinski definition) is 5. The van der Waals surface area contributed by atoms with Crippen LogP contribution in [0.5, 0.6) is 0 Å². The molecule has 0 fully saturated rings. The van der Waals surface area contributed by atoms with E-state index in [9.17, 15) is 0 Å². The Morgan fingerprint density at radius 2 is 1.96 bits per heavy atom. The van der Waals surface area contributed by atoms with E-state index < -0.39 is 0 Å². The second-order valence-corrected chi connectivity index (χ2v) is 8.78. The molecule has 9 heteroatoms. The molecule has 2 N–H and O–H groups in total. The number of guanidine groups is 1. The fourth-order valence-corrected chi connectivity index (χ4v) is 3.73. The lowest BCUT2D eigenvalue weighted by Crippen LogP contribution is -2.40. The maximum Gasteiger partial charge on any atom is 0.191 e. The van der Waals surface area contributed by atoms with Crippen molar-refractivity contribution < 1.29 is 0 Å². The molecular weight excluding hydrogens is 503 g/mol. The van der Waals surface area contributed by atoms with Gasteiger partial charge in [-0.05, 0) is 37.5 Å². The van der Waals surface area contributed by atoms with Crippen molar-refractivity contribution in [3.8, 4) is 0 Å². The number of rotatable bonds is 10. The summed E-state index contributed by atoms with van der Waals surface area (Å²) in [4.78, 5) is 5.98. The average molecular weight is 535 g/mol. The van der Waals surface area contributed by atoms with Gasteiger partial charge in [-0.25, -0.2) is 4.99 Å². The maximum atomic E-state index is 4.70. The molecule has 0 spiro atoms. The first-order valence-electron chi connectivity index (χ1n) is 9.18. The van der Waals surface area contributed by atoms with Crippen LogP contribution in [0.15, 0.2) is 40.2 Å². The summed E-state index contributed by atoms with van der Waals surface area (Å²) in [6.07, 6.45) is 3.24. The van der Waals surface area contributed by atoms with Crippen LogP contribution < -0.4 is 10.6 Å². The molecule has 0 radical (unpaired) electrons. The second-order valence-electron chi connectivity index (χ2n) is 6.28. The number of nitrogens with zero attached hydrogens (tertiary/aromatic N) is 4. The van der Waals surface area contributed by atoms with E-state index in [4.69, 9.17) is 4.99 Å². The summed E-state index contributed by atoms with van der Waals surface area (Å²) < 4.78 is 1.97. The van der Waals surface area contributed by atoms with Crippen LogP contribution in [0, 0.1) is 6.92 Å². The molecule has 0 saturated heterocycles. The van der Waals surface area contributed by atoms with Crippen molar-refractivity contribution in [1.29, 1.82) is 0 Å². The van der Waals surface area contributed by atoms with E-state index in [0.717, 1.165) is 42.9 Å². The van der Waals surface area contributed by atoms with Crippen molar-refractivity contribution in [3.05, 3.63) is 42.0 Å². The van der Waals surface area contributed by atoms with E-state index in [1.807, 2.05) is 48.1 Å². The van der Waals surface area contributed by atoms with Gasteiger partial charge < -0.3 is 15.2 Å². The number of aryl methyl sites for hydroxylation is 1. The third-order valence-electron chi connectivity index (χ3n) is 4.02. The van der Waals surface area contributed by atoms with Gasteiger partial charge in [-0.15, -0.1) is 45.9 Å². The molecule has 2 aromatic rings. The van der Waals surface area contributed by atoms with Gasteiger partial charge in [0.1, 0.15) is 12.4 Å². The molecule has 1 atom stereocenters. The van der Waals surface area contributed by atoms with Gasteiger partial charge in [0.15, 0.2) is 11.8 Å². The summed E-state index contributed by atoms with van der Waals surface area (Å²) in [5.41, 5.74) is 0. The largest absolute Gasteiger partial charge is 0.356 e. The lowest BCUT2D eigenvalue weighted by atomic mass is 10.4. The van der Waals surface area contributed by atoms with Gasteiger partial charge in [-0.1, -0.05) is 25.1 Å². The number of hydrogen-bond donors (Lipinski definition) is 2. The van der Waals surface area contributed by atoms with Crippen LogP contribution in [0.1, 0.15) is 25.0 Å². The number of benzene rings is 1. The Bertz CT molecular complexity index is 708. The highest BCUT2D eigenvalue weighted by atomic mass is 127. The normalized spacial score (nSPS) is 12.4. The standard InChI is InChI=1S/C19H30N6S2.HI/c1-15(27-17-9-6-5-7-10-17)13-21-19(20-11-8-12-26-4)22-14-18-24-23-16(2)25(18)3;/h5-7,9-10,15H,8,11-14H2,1-4H3,(H2,20,21,22);1H. The number of aromatic nitrogens is 3. The van der Waals surface area contributed by atoms with Crippen LogP contribution in [-0.4, -0.2) is 51.1 Å². The predicted molar refractivity (Wildman–Crippen MR) is 133 cm³/mol. The second kappa shape index (κ2) is 14.1. The van der Waals surface area contributed by atoms with Crippen molar-refractivity contribution in [2.24, 2.45) is 12.0 Å². The van der Waals surface area contributed by atoms with Gasteiger partial charge in [0, 0.05) is 30.3 Å². The molecule has 6 nitrogen and oxygen atoms in total. The molecule has 0 aliphatic heterocycles. The maximum absolute atomic E-state index is 4.70. The molecule has 1 heterocycles. The van der Waals surface area contributed by atoms with E-state index in [2.05, 4.69) is 58.3 Å². The first kappa shape index (κ1) is 25.1. The average Bonchev–Trinajstić information content (AvgIpc) is 2.99. The Hall–Kier alpha value is -0.940. The fraction of sp³-hybridized carbons (Fsp3) is 0.526. The summed E-state index contributed by atoms with van der Waals surface area (Å²) in [5, 5.41) is 15.6. The Kier molecular flexibility index (Phi) is 12.6. The Balaban J connectivity index is 0.00000392. The first-order chi connectivity index (χ1) is 13.1. The fourth-order valence-electron chi connectivity index (χ4n) is 2.35. The Labute approximate surface area is 194 Å². The minimum Gasteiger partial charge on any atom is -0.356 e. The molecule has 0 saturated carbocycles. The lowest BCUT2D eigenvalue weighted by Gasteiger charge is -2.16. The number of halogens is 1. The van der Waals surface area contributed by atoms with Crippen LogP contribution >= 0.6 is 47.5 Å². The quantitative estimate of drug-likeness (QED) is 0.159. The minimum absolute atomic E-state index is 0. The first-order valence-corrected chi connectivity index (χ1v) is 11.4. The zero-order valence-corrected chi connectivity index (χ0v) is 21.0. The molecule has 1 unspecified atom stereocenters. The topological polar surface area (TPSA) is 67.1 Å². The minimum atomic E-state index is 0. The van der Waals surface area contributed by atoms with E-state index in [1.165, 1.54) is 4.90 Å². The molecule has 28 heavy (non-hydrogen) atoms. The molecule has 1 aromatic carbocycles. The van der Waals surface area contributed by atoms with Gasteiger partial charge >= 0.3 is 0 Å². The monoisotopic (exact) mass is 534 g/mol. The SMILES string of the molecule is CSCCCNC(=NCc1nnc(C)n1C)NCC(C)Sc1ccccc1.I. The summed E-state index contributed by atoms with van der Waals surface area (Å²) >= 11 is 3.73. The van der Waals surface area contributed by atoms with Crippen molar-refractivity contribution in [3.63, 3.8) is 0 Å². The van der Waals surface area contributed by atoms with Crippen LogP contribution in [0.3, 0.4) is 0 Å². The highest BCUT2D eigenvalue weighted by molar-refractivity contribution is 14.0. The van der Waals surface area contributed by atoms with Crippen LogP contribution in [0.25, 0.3) is 0 Å². The molecule has 0 amide bonds. The van der Waals surface area contributed by atoms with Gasteiger partial charge in [-0.3, -0.25) is 0 Å². The van der Waals surface area contributed by atoms with E-state index in [0.29, 0.717) is 11.8 Å². The summed E-state index contributed by atoms with van der Waals surface area (Å²) in [6, 6.07) is 10.5. The van der Waals surface area contributed by atoms with E-state index in [1.54, 1.807) is 0 Å². The Morgan fingerprint density at radius 1 is 1.21 bits per heavy atom. The van der Waals surface area contributed by atoms with Crippen molar-refractivity contribution in [1.82, 2.24) is 25.4 Å². The smallest absolute Gasteiger partial charge is 0.191 e. The third kappa shape index (κ3) is 9.04. The number of thioether (sulfide) groups is 2. The zero-order chi connectivity index (χ0) is 19.5. The highest BCUT2D eigenvalue weighted by Crippen LogP contribution is 2.21. The van der Waals surface area contributed by atoms with Crippen LogP contribution in [0.2, 0.25) is 0 Å². The summed E-state index contributed by atoms with van der Waals surface area (Å²) in [7, 11) is 1.97. The molecule has 0 aliphatic carbocycles. The van der Waals surface area contributed by atoms with Crippen LogP contribution in [0.4, 0.5) is 0 Å². The van der Waals surface area contributed by atoms with Gasteiger partial charge in [-0.2, -0.15) is 11.8 Å². The highest BCUT2D eigenvalue weighted by Gasteiger charge is 2.08. The van der Waals surface area contributed by atoms with Crippen molar-refractivity contribution in [2.75, 3.05) is 25.1 Å². The van der Waals surface area contributed by atoms with Crippen LogP contribution in [-0.2, 0) is 13.6 Å². The zero-order valence-electron chi connectivity index (χ0n) is 17.0. The molecule has 2 rings (SSSR count). The van der Waals surface area contributed by atoms with Gasteiger partial charge in [0.25, 0.3) is 0 Å². The molecular formula is C19H31IN6S2. The van der Waals surface area contributed by atoms with Crippen molar-refractivity contribution >= 4 is 53.5 Å². The number of aliphatic imine (C=N–C) groups is 1. The van der Waals surface area contributed by atoms with E-state index in [-0.39, 0.29) is 24.0 Å². The molecule has 1 aromatic heterocycles. The van der Waals surface area contributed by atoms with Gasteiger partial charge in [0.2, 0.25) is 0 Å². The van der Waals surface area contributed by atoms with Gasteiger partial charge in [0.05, 0.1) is 0 Å². The lowest BCUT2D eigenvalue weighted by molar-refractivity contribution is 0.741. The number of nitrogens with one attached hydrogen (secondary N) is 2. The summed E-state index contributed by atoms with van der Waals surface area (Å²) in [6.45, 7) is 6.43. The van der Waals surface area contributed by atoms with Crippen molar-refractivity contribution in [2.45, 2.75) is 37.0 Å². The molecule has 0 bridgehead atoms. The predicted octanol–water partition coefficient (Wildman–Crippen LogP) is 3.71.